The van der Waals surface area contributed by atoms with E-state index in [4.69, 9.17) is 14.2 Å². The van der Waals surface area contributed by atoms with Gasteiger partial charge in [0.15, 0.2) is 17.5 Å². The summed E-state index contributed by atoms with van der Waals surface area (Å²) in [7, 11) is 1.44. The maximum absolute atomic E-state index is 14.4. The van der Waals surface area contributed by atoms with Crippen molar-refractivity contribution in [2.45, 2.75) is 67.8 Å². The fourth-order valence-electron chi connectivity index (χ4n) is 6.11. The van der Waals surface area contributed by atoms with Gasteiger partial charge in [0, 0.05) is 38.1 Å². The maximum atomic E-state index is 14.4. The van der Waals surface area contributed by atoms with E-state index in [1.165, 1.54) is 18.0 Å². The summed E-state index contributed by atoms with van der Waals surface area (Å²) in [5.74, 6) is -4.35. The topological polar surface area (TPSA) is 130 Å². The SMILES string of the molecule is CO[C@@H]1[C@@H](n2cc(-c3ccc(F)c(F)c3F)nn2)[C@@H](O)[C@@H](CO)O[C@@H]1Cc1cn(C23COC(C)(C2)C3)nn1. The van der Waals surface area contributed by atoms with Gasteiger partial charge in [-0.1, -0.05) is 10.4 Å². The van der Waals surface area contributed by atoms with Gasteiger partial charge in [0.05, 0.1) is 42.3 Å². The number of aromatic nitrogens is 6. The summed E-state index contributed by atoms with van der Waals surface area (Å²) in [6.45, 7) is 2.16. The third kappa shape index (κ3) is 3.93. The molecule has 2 N–H and O–H groups in total. The molecule has 3 saturated heterocycles. The second-order valence-electron chi connectivity index (χ2n) is 10.6. The standard InChI is InChI=1S/C24H27F3N6O5/c1-23-9-24(10-23,11-37-23)33-6-12(28-31-33)5-16-22(36-2)20(21(35)17(8-34)38-16)32-7-15(29-30-32)13-3-4-14(25)19(27)18(13)26/h3-4,6-7,16-17,20-22,34-35H,5,8-11H2,1-2H3/t16-,17-,20+,21+,22+,23?,24?/m1/s1. The van der Waals surface area contributed by atoms with Gasteiger partial charge in [-0.3, -0.25) is 0 Å². The van der Waals surface area contributed by atoms with Crippen molar-refractivity contribution < 1.29 is 37.6 Å². The molecular weight excluding hydrogens is 509 g/mol. The molecule has 1 saturated carbocycles. The van der Waals surface area contributed by atoms with E-state index in [2.05, 4.69) is 27.5 Å². The minimum Gasteiger partial charge on any atom is -0.394 e. The lowest BCUT2D eigenvalue weighted by molar-refractivity contribution is -0.212. The Kier molecular flexibility index (Phi) is 6.07. The van der Waals surface area contributed by atoms with Gasteiger partial charge >= 0.3 is 0 Å². The second kappa shape index (κ2) is 9.09. The summed E-state index contributed by atoms with van der Waals surface area (Å²) in [6, 6.07) is 0.938. The first kappa shape index (κ1) is 25.4. The van der Waals surface area contributed by atoms with Gasteiger partial charge in [-0.05, 0) is 19.1 Å². The van der Waals surface area contributed by atoms with E-state index in [1.807, 2.05) is 10.9 Å². The number of halogens is 3. The third-order valence-electron chi connectivity index (χ3n) is 7.89. The van der Waals surface area contributed by atoms with Gasteiger partial charge in [-0.15, -0.1) is 10.2 Å². The van der Waals surface area contributed by atoms with Gasteiger partial charge in [0.25, 0.3) is 0 Å². The van der Waals surface area contributed by atoms with Crippen LogP contribution in [0.1, 0.15) is 31.5 Å². The van der Waals surface area contributed by atoms with E-state index in [1.54, 1.807) is 0 Å². The molecule has 0 amide bonds. The molecule has 0 radical (unpaired) electrons. The van der Waals surface area contributed by atoms with Crippen molar-refractivity contribution in [2.24, 2.45) is 0 Å². The molecule has 38 heavy (non-hydrogen) atoms. The van der Waals surface area contributed by atoms with Crippen LogP contribution in [-0.4, -0.2) is 90.5 Å². The van der Waals surface area contributed by atoms with E-state index < -0.39 is 54.5 Å². The van der Waals surface area contributed by atoms with Crippen molar-refractivity contribution in [1.82, 2.24) is 30.0 Å². The highest BCUT2D eigenvalue weighted by atomic mass is 19.2. The van der Waals surface area contributed by atoms with Crippen LogP contribution in [0.4, 0.5) is 13.2 Å². The molecule has 7 rings (SSSR count). The molecule has 0 unspecified atom stereocenters. The molecule has 1 aliphatic carbocycles. The average Bonchev–Trinajstić information content (AvgIpc) is 3.67. The van der Waals surface area contributed by atoms with E-state index in [0.717, 1.165) is 25.0 Å². The Morgan fingerprint density at radius 3 is 2.58 bits per heavy atom. The van der Waals surface area contributed by atoms with Crippen LogP contribution in [0.15, 0.2) is 24.5 Å². The largest absolute Gasteiger partial charge is 0.394 e. The average molecular weight is 537 g/mol. The van der Waals surface area contributed by atoms with Crippen molar-refractivity contribution in [3.8, 4) is 11.3 Å². The first-order chi connectivity index (χ1) is 18.2. The van der Waals surface area contributed by atoms with Gasteiger partial charge in [0.1, 0.15) is 30.0 Å². The fourth-order valence-corrected chi connectivity index (χ4v) is 6.11. The number of methoxy groups -OCH3 is 1. The summed E-state index contributed by atoms with van der Waals surface area (Å²) >= 11 is 0. The van der Waals surface area contributed by atoms with Gasteiger partial charge in [-0.25, -0.2) is 22.5 Å². The number of fused-ring (bicyclic) bond motifs is 1. The Labute approximate surface area is 215 Å². The van der Waals surface area contributed by atoms with Crippen molar-refractivity contribution >= 4 is 0 Å². The zero-order chi connectivity index (χ0) is 26.8. The van der Waals surface area contributed by atoms with Gasteiger partial charge < -0.3 is 24.4 Å². The normalized spacial score (nSPS) is 34.4. The van der Waals surface area contributed by atoms with Crippen LogP contribution in [0.5, 0.6) is 0 Å². The van der Waals surface area contributed by atoms with Crippen LogP contribution in [0, 0.1) is 17.5 Å². The molecule has 204 valence electrons. The van der Waals surface area contributed by atoms with E-state index in [0.29, 0.717) is 12.3 Å². The molecule has 11 nitrogen and oxygen atoms in total. The number of hydrogen-bond acceptors (Lipinski definition) is 9. The Morgan fingerprint density at radius 1 is 1.11 bits per heavy atom. The lowest BCUT2D eigenvalue weighted by Crippen LogP contribution is -2.57. The maximum Gasteiger partial charge on any atom is 0.195 e. The van der Waals surface area contributed by atoms with Crippen molar-refractivity contribution in [1.29, 1.82) is 0 Å². The zero-order valence-corrected chi connectivity index (χ0v) is 20.7. The summed E-state index contributed by atoms with van der Waals surface area (Å²) < 4.78 is 62.2. The van der Waals surface area contributed by atoms with Crippen molar-refractivity contribution in [3.63, 3.8) is 0 Å². The highest BCUT2D eigenvalue weighted by molar-refractivity contribution is 5.58. The van der Waals surface area contributed by atoms with Gasteiger partial charge in [-0.2, -0.15) is 0 Å². The molecule has 5 atom stereocenters. The van der Waals surface area contributed by atoms with Crippen LogP contribution in [0.3, 0.4) is 0 Å². The molecule has 4 fully saturated rings. The molecule has 3 aromatic rings. The number of ether oxygens (including phenoxy) is 3. The summed E-state index contributed by atoms with van der Waals surface area (Å²) in [5, 5.41) is 37.4. The van der Waals surface area contributed by atoms with Crippen LogP contribution >= 0.6 is 0 Å². The monoisotopic (exact) mass is 536 g/mol. The van der Waals surface area contributed by atoms with Crippen LogP contribution in [-0.2, 0) is 26.2 Å². The Bertz CT molecular complexity index is 1340. The van der Waals surface area contributed by atoms with E-state index in [9.17, 15) is 23.4 Å². The van der Waals surface area contributed by atoms with Crippen LogP contribution < -0.4 is 0 Å². The zero-order valence-electron chi connectivity index (χ0n) is 20.7. The number of rotatable bonds is 7. The molecule has 0 spiro atoms. The Morgan fingerprint density at radius 2 is 1.89 bits per heavy atom. The minimum absolute atomic E-state index is 0.0690. The third-order valence-corrected chi connectivity index (χ3v) is 7.89. The molecule has 3 aliphatic heterocycles. The summed E-state index contributed by atoms with van der Waals surface area (Å²) in [6.07, 6.45) is 1.39. The molecule has 2 bridgehead atoms. The predicted octanol–water partition coefficient (Wildman–Crippen LogP) is 1.15. The van der Waals surface area contributed by atoms with Crippen LogP contribution in [0.2, 0.25) is 0 Å². The van der Waals surface area contributed by atoms with E-state index in [-0.39, 0.29) is 28.8 Å². The smallest absolute Gasteiger partial charge is 0.195 e. The lowest BCUT2D eigenvalue weighted by atomic mass is 9.69. The Balaban J connectivity index is 1.27. The second-order valence-corrected chi connectivity index (χ2v) is 10.6. The van der Waals surface area contributed by atoms with Crippen LogP contribution in [0.25, 0.3) is 11.3 Å². The highest BCUT2D eigenvalue weighted by Gasteiger charge is 2.61. The first-order valence-electron chi connectivity index (χ1n) is 12.3. The Hall–Kier alpha value is -2.91. The first-order valence-corrected chi connectivity index (χ1v) is 12.3. The number of benzene rings is 1. The van der Waals surface area contributed by atoms with Crippen molar-refractivity contribution in [2.75, 3.05) is 20.3 Å². The number of nitrogens with zero attached hydrogens (tertiary/aromatic N) is 6. The lowest BCUT2D eigenvalue weighted by Gasteiger charge is -2.43. The van der Waals surface area contributed by atoms with Crippen molar-refractivity contribution in [3.05, 3.63) is 47.7 Å². The summed E-state index contributed by atoms with van der Waals surface area (Å²) in [5.41, 5.74) is -0.0501. The molecule has 2 aromatic heterocycles. The molecule has 14 heteroatoms. The molecule has 4 aliphatic rings. The molecule has 1 aromatic carbocycles. The number of hydrogen-bond donors (Lipinski definition) is 2. The highest BCUT2D eigenvalue weighted by Crippen LogP contribution is 2.55. The molecular formula is C24H27F3N6O5. The van der Waals surface area contributed by atoms with E-state index >= 15 is 0 Å². The minimum atomic E-state index is -1.62. The van der Waals surface area contributed by atoms with Gasteiger partial charge in [0.2, 0.25) is 0 Å². The number of aliphatic hydroxyl groups is 2. The quantitative estimate of drug-likeness (QED) is 0.427. The predicted molar refractivity (Wildman–Crippen MR) is 122 cm³/mol. The molecule has 5 heterocycles. The number of aliphatic hydroxyl groups excluding tert-OH is 2. The fraction of sp³-hybridized carbons (Fsp3) is 0.583. The summed E-state index contributed by atoms with van der Waals surface area (Å²) in [4.78, 5) is 0.